The lowest BCUT2D eigenvalue weighted by Gasteiger charge is -2.35. The molecule has 0 N–H and O–H groups in total. The van der Waals surface area contributed by atoms with Gasteiger partial charge in [0.25, 0.3) is 0 Å². The molecule has 1 saturated carbocycles. The van der Waals surface area contributed by atoms with Crippen LogP contribution in [0.15, 0.2) is 12.2 Å². The molecule has 0 bridgehead atoms. The van der Waals surface area contributed by atoms with E-state index in [0.717, 1.165) is 32.2 Å². The van der Waals surface area contributed by atoms with Crippen molar-refractivity contribution >= 4 is 0 Å². The second kappa shape index (κ2) is 3.81. The molecule has 1 atom stereocenters. The Morgan fingerprint density at radius 3 is 2.92 bits per heavy atom. The summed E-state index contributed by atoms with van der Waals surface area (Å²) in [6.45, 7) is 10.1. The smallest absolute Gasteiger partial charge is 0.0625 e. The number of rotatable bonds is 3. The van der Waals surface area contributed by atoms with E-state index in [1.165, 1.54) is 18.4 Å². The van der Waals surface area contributed by atoms with Crippen molar-refractivity contribution in [3.63, 3.8) is 0 Å². The summed E-state index contributed by atoms with van der Waals surface area (Å²) in [6, 6.07) is 0.686. The Morgan fingerprint density at radius 1 is 1.54 bits per heavy atom. The average Bonchev–Trinajstić information content (AvgIpc) is 2.87. The molecule has 13 heavy (non-hydrogen) atoms. The van der Waals surface area contributed by atoms with E-state index >= 15 is 0 Å². The molecule has 1 heterocycles. The zero-order valence-corrected chi connectivity index (χ0v) is 8.46. The van der Waals surface area contributed by atoms with Gasteiger partial charge in [0.05, 0.1) is 13.2 Å². The molecular formula is C11H19NO. The van der Waals surface area contributed by atoms with Gasteiger partial charge in [0.15, 0.2) is 0 Å². The van der Waals surface area contributed by atoms with Gasteiger partial charge in [-0.05, 0) is 25.7 Å². The van der Waals surface area contributed by atoms with Crippen LogP contribution in [0.1, 0.15) is 19.8 Å². The highest BCUT2D eigenvalue weighted by molar-refractivity contribution is 4.97. The normalized spacial score (nSPS) is 30.4. The molecule has 0 aromatic heterocycles. The highest BCUT2D eigenvalue weighted by Crippen LogP contribution is 2.36. The zero-order chi connectivity index (χ0) is 9.26. The van der Waals surface area contributed by atoms with Crippen LogP contribution >= 0.6 is 0 Å². The number of hydrogen-bond acceptors (Lipinski definition) is 2. The first-order valence-corrected chi connectivity index (χ1v) is 5.23. The lowest BCUT2D eigenvalue weighted by atomic mass is 10.1. The molecule has 1 saturated heterocycles. The summed E-state index contributed by atoms with van der Waals surface area (Å²) in [4.78, 5) is 2.55. The van der Waals surface area contributed by atoms with Gasteiger partial charge < -0.3 is 4.74 Å². The van der Waals surface area contributed by atoms with Crippen LogP contribution in [0.5, 0.6) is 0 Å². The van der Waals surface area contributed by atoms with Gasteiger partial charge in [-0.15, -0.1) is 0 Å². The minimum Gasteiger partial charge on any atom is -0.378 e. The summed E-state index contributed by atoms with van der Waals surface area (Å²) in [5.41, 5.74) is 1.27. The van der Waals surface area contributed by atoms with Crippen LogP contribution in [-0.2, 0) is 4.74 Å². The Hall–Kier alpha value is -0.340. The van der Waals surface area contributed by atoms with Crippen LogP contribution in [0.2, 0.25) is 0 Å². The summed E-state index contributed by atoms with van der Waals surface area (Å²) in [7, 11) is 0. The molecule has 1 aliphatic carbocycles. The first kappa shape index (κ1) is 9.22. The standard InChI is InChI=1S/C11H19NO/c1-9(2)7-12-5-6-13-8-11(12)10-3-4-10/h10-11H,1,3-8H2,2H3. The van der Waals surface area contributed by atoms with Crippen molar-refractivity contribution in [3.05, 3.63) is 12.2 Å². The van der Waals surface area contributed by atoms with Crippen LogP contribution in [0.4, 0.5) is 0 Å². The molecule has 2 fully saturated rings. The molecule has 0 radical (unpaired) electrons. The van der Waals surface area contributed by atoms with Gasteiger partial charge in [0.1, 0.15) is 0 Å². The molecule has 1 unspecified atom stereocenters. The van der Waals surface area contributed by atoms with Gasteiger partial charge in [-0.1, -0.05) is 12.2 Å². The van der Waals surface area contributed by atoms with Crippen LogP contribution < -0.4 is 0 Å². The molecule has 0 aromatic carbocycles. The van der Waals surface area contributed by atoms with Gasteiger partial charge in [-0.25, -0.2) is 0 Å². The van der Waals surface area contributed by atoms with Gasteiger partial charge in [0.2, 0.25) is 0 Å². The van der Waals surface area contributed by atoms with Crippen molar-refractivity contribution in [2.45, 2.75) is 25.8 Å². The summed E-state index contributed by atoms with van der Waals surface area (Å²) >= 11 is 0. The van der Waals surface area contributed by atoms with Crippen LogP contribution in [0.25, 0.3) is 0 Å². The third-order valence-corrected chi connectivity index (χ3v) is 2.92. The van der Waals surface area contributed by atoms with Crippen LogP contribution in [-0.4, -0.2) is 37.2 Å². The third kappa shape index (κ3) is 2.32. The second-order valence-corrected chi connectivity index (χ2v) is 4.41. The lowest BCUT2D eigenvalue weighted by Crippen LogP contribution is -2.47. The topological polar surface area (TPSA) is 12.5 Å². The first-order valence-electron chi connectivity index (χ1n) is 5.23. The minimum absolute atomic E-state index is 0.686. The van der Waals surface area contributed by atoms with E-state index in [9.17, 15) is 0 Å². The summed E-state index contributed by atoms with van der Waals surface area (Å²) in [6.07, 6.45) is 2.81. The average molecular weight is 181 g/mol. The Bertz CT molecular complexity index is 198. The number of hydrogen-bond donors (Lipinski definition) is 0. The lowest BCUT2D eigenvalue weighted by molar-refractivity contribution is -0.0109. The van der Waals surface area contributed by atoms with Gasteiger partial charge in [-0.3, -0.25) is 4.90 Å². The fourth-order valence-electron chi connectivity index (χ4n) is 2.12. The van der Waals surface area contributed by atoms with E-state index in [-0.39, 0.29) is 0 Å². The Labute approximate surface area is 80.6 Å². The highest BCUT2D eigenvalue weighted by Gasteiger charge is 2.36. The maximum Gasteiger partial charge on any atom is 0.0625 e. The Morgan fingerprint density at radius 2 is 2.31 bits per heavy atom. The van der Waals surface area contributed by atoms with E-state index < -0.39 is 0 Å². The zero-order valence-electron chi connectivity index (χ0n) is 8.46. The van der Waals surface area contributed by atoms with E-state index in [1.807, 2.05) is 0 Å². The van der Waals surface area contributed by atoms with Gasteiger partial charge >= 0.3 is 0 Å². The van der Waals surface area contributed by atoms with Crippen molar-refractivity contribution in [1.82, 2.24) is 4.90 Å². The highest BCUT2D eigenvalue weighted by atomic mass is 16.5. The summed E-state index contributed by atoms with van der Waals surface area (Å²) in [5, 5.41) is 0. The molecule has 0 aromatic rings. The van der Waals surface area contributed by atoms with E-state index in [0.29, 0.717) is 6.04 Å². The first-order chi connectivity index (χ1) is 6.27. The number of nitrogens with zero attached hydrogens (tertiary/aromatic N) is 1. The maximum atomic E-state index is 5.52. The van der Waals surface area contributed by atoms with Gasteiger partial charge in [-0.2, -0.15) is 0 Å². The Kier molecular flexibility index (Phi) is 2.70. The van der Waals surface area contributed by atoms with E-state index in [4.69, 9.17) is 4.74 Å². The molecule has 1 aliphatic heterocycles. The molecular weight excluding hydrogens is 162 g/mol. The van der Waals surface area contributed by atoms with Gasteiger partial charge in [0, 0.05) is 19.1 Å². The van der Waals surface area contributed by atoms with E-state index in [2.05, 4.69) is 18.4 Å². The third-order valence-electron chi connectivity index (χ3n) is 2.92. The fourth-order valence-corrected chi connectivity index (χ4v) is 2.12. The molecule has 0 amide bonds. The van der Waals surface area contributed by atoms with Crippen molar-refractivity contribution in [2.24, 2.45) is 5.92 Å². The minimum atomic E-state index is 0.686. The Balaban J connectivity index is 1.91. The predicted octanol–water partition coefficient (Wildman–Crippen LogP) is 1.67. The summed E-state index contributed by atoms with van der Waals surface area (Å²) < 4.78 is 5.52. The number of ether oxygens (including phenoxy) is 1. The quantitative estimate of drug-likeness (QED) is 0.614. The molecule has 0 spiro atoms. The predicted molar refractivity (Wildman–Crippen MR) is 53.7 cm³/mol. The summed E-state index contributed by atoms with van der Waals surface area (Å²) in [5.74, 6) is 0.916. The van der Waals surface area contributed by atoms with Crippen molar-refractivity contribution in [3.8, 4) is 0 Å². The second-order valence-electron chi connectivity index (χ2n) is 4.41. The largest absolute Gasteiger partial charge is 0.378 e. The fraction of sp³-hybridized carbons (Fsp3) is 0.818. The molecule has 2 aliphatic rings. The van der Waals surface area contributed by atoms with Crippen molar-refractivity contribution in [1.29, 1.82) is 0 Å². The van der Waals surface area contributed by atoms with Crippen LogP contribution in [0, 0.1) is 5.92 Å². The molecule has 2 heteroatoms. The van der Waals surface area contributed by atoms with Crippen molar-refractivity contribution in [2.75, 3.05) is 26.3 Å². The van der Waals surface area contributed by atoms with E-state index in [1.54, 1.807) is 0 Å². The monoisotopic (exact) mass is 181 g/mol. The SMILES string of the molecule is C=C(C)CN1CCOCC1C1CC1. The maximum absolute atomic E-state index is 5.52. The number of morpholine rings is 1. The van der Waals surface area contributed by atoms with Crippen molar-refractivity contribution < 1.29 is 4.74 Å². The molecule has 2 rings (SSSR count). The molecule has 2 nitrogen and oxygen atoms in total. The molecule has 74 valence electrons. The van der Waals surface area contributed by atoms with Crippen LogP contribution in [0.3, 0.4) is 0 Å².